The van der Waals surface area contributed by atoms with Gasteiger partial charge in [-0.3, -0.25) is 9.79 Å². The molecule has 1 aliphatic carbocycles. The highest BCUT2D eigenvalue weighted by Crippen LogP contribution is 2.37. The van der Waals surface area contributed by atoms with Gasteiger partial charge in [0.05, 0.1) is 6.54 Å². The van der Waals surface area contributed by atoms with Crippen molar-refractivity contribution in [3.05, 3.63) is 0 Å². The van der Waals surface area contributed by atoms with Crippen LogP contribution in [0.5, 0.6) is 0 Å². The molecule has 1 heterocycles. The molecule has 22 heavy (non-hydrogen) atoms. The summed E-state index contributed by atoms with van der Waals surface area (Å²) >= 11 is 2.03. The maximum absolute atomic E-state index is 11.6. The predicted molar refractivity (Wildman–Crippen MR) is 94.5 cm³/mol. The van der Waals surface area contributed by atoms with Crippen LogP contribution in [0, 0.1) is 0 Å². The molecule has 1 unspecified atom stereocenters. The SMILES string of the molecule is CCNC(=NCC1(C)CCCS1)NCCCC(=O)NC1CC1. The number of nitrogens with one attached hydrogen (secondary N) is 3. The van der Waals surface area contributed by atoms with Crippen molar-refractivity contribution in [2.45, 2.75) is 63.2 Å². The van der Waals surface area contributed by atoms with E-state index in [1.54, 1.807) is 0 Å². The largest absolute Gasteiger partial charge is 0.357 e. The first-order valence-corrected chi connectivity index (χ1v) is 9.55. The van der Waals surface area contributed by atoms with Crippen LogP contribution in [0.15, 0.2) is 4.99 Å². The van der Waals surface area contributed by atoms with Crippen molar-refractivity contribution in [2.24, 2.45) is 4.99 Å². The van der Waals surface area contributed by atoms with Gasteiger partial charge in [-0.25, -0.2) is 0 Å². The molecule has 3 N–H and O–H groups in total. The minimum atomic E-state index is 0.182. The maximum Gasteiger partial charge on any atom is 0.220 e. The molecular weight excluding hydrogens is 296 g/mol. The third-order valence-corrected chi connectivity index (χ3v) is 5.55. The van der Waals surface area contributed by atoms with Gasteiger partial charge in [-0.1, -0.05) is 0 Å². The zero-order chi connectivity index (χ0) is 15.8. The molecule has 126 valence electrons. The third-order valence-electron chi connectivity index (χ3n) is 4.03. The van der Waals surface area contributed by atoms with Gasteiger partial charge in [0.1, 0.15) is 0 Å². The van der Waals surface area contributed by atoms with Crippen LogP contribution in [0.2, 0.25) is 0 Å². The van der Waals surface area contributed by atoms with E-state index in [0.717, 1.165) is 44.9 Å². The highest BCUT2D eigenvalue weighted by atomic mass is 32.2. The first kappa shape index (κ1) is 17.4. The van der Waals surface area contributed by atoms with E-state index < -0.39 is 0 Å². The lowest BCUT2D eigenvalue weighted by molar-refractivity contribution is -0.121. The molecule has 0 spiro atoms. The van der Waals surface area contributed by atoms with Crippen LogP contribution in [0.1, 0.15) is 52.4 Å². The topological polar surface area (TPSA) is 65.5 Å². The van der Waals surface area contributed by atoms with Crippen LogP contribution in [0.3, 0.4) is 0 Å². The first-order valence-electron chi connectivity index (χ1n) is 8.57. The Hall–Kier alpha value is -0.910. The summed E-state index contributed by atoms with van der Waals surface area (Å²) in [6.07, 6.45) is 6.29. The average molecular weight is 327 g/mol. The Labute approximate surface area is 138 Å². The highest BCUT2D eigenvalue weighted by Gasteiger charge is 2.29. The Morgan fingerprint density at radius 1 is 1.36 bits per heavy atom. The molecule has 0 radical (unpaired) electrons. The Bertz CT molecular complexity index is 390. The highest BCUT2D eigenvalue weighted by molar-refractivity contribution is 8.00. The van der Waals surface area contributed by atoms with Crippen molar-refractivity contribution in [1.29, 1.82) is 0 Å². The van der Waals surface area contributed by atoms with Gasteiger partial charge in [0.15, 0.2) is 5.96 Å². The fourth-order valence-corrected chi connectivity index (χ4v) is 3.76. The number of carbonyl (C=O) groups is 1. The zero-order valence-electron chi connectivity index (χ0n) is 13.9. The molecule has 1 amide bonds. The summed E-state index contributed by atoms with van der Waals surface area (Å²) in [4.78, 5) is 16.3. The van der Waals surface area contributed by atoms with Crippen molar-refractivity contribution in [2.75, 3.05) is 25.4 Å². The molecule has 1 saturated carbocycles. The van der Waals surface area contributed by atoms with Crippen LogP contribution in [0.25, 0.3) is 0 Å². The Balaban J connectivity index is 1.65. The number of hydrogen-bond acceptors (Lipinski definition) is 3. The van der Waals surface area contributed by atoms with E-state index in [0.29, 0.717) is 17.2 Å². The van der Waals surface area contributed by atoms with Crippen LogP contribution >= 0.6 is 11.8 Å². The van der Waals surface area contributed by atoms with Crippen molar-refractivity contribution in [3.8, 4) is 0 Å². The number of hydrogen-bond donors (Lipinski definition) is 3. The molecule has 0 aromatic carbocycles. The molecule has 0 aromatic heterocycles. The predicted octanol–water partition coefficient (Wildman–Crippen LogP) is 1.89. The van der Waals surface area contributed by atoms with Crippen LogP contribution in [-0.2, 0) is 4.79 Å². The van der Waals surface area contributed by atoms with E-state index in [9.17, 15) is 4.79 Å². The summed E-state index contributed by atoms with van der Waals surface area (Å²) in [6.45, 7) is 6.88. The van der Waals surface area contributed by atoms with E-state index in [4.69, 9.17) is 4.99 Å². The molecule has 6 heteroatoms. The lowest BCUT2D eigenvalue weighted by Crippen LogP contribution is -2.39. The number of guanidine groups is 1. The minimum Gasteiger partial charge on any atom is -0.357 e. The third kappa shape index (κ3) is 6.46. The number of aliphatic imine (C=N–C) groups is 1. The van der Waals surface area contributed by atoms with Gasteiger partial charge < -0.3 is 16.0 Å². The van der Waals surface area contributed by atoms with E-state index in [-0.39, 0.29) is 5.91 Å². The molecule has 2 rings (SSSR count). The number of thioether (sulfide) groups is 1. The first-order chi connectivity index (χ1) is 10.6. The van der Waals surface area contributed by atoms with Gasteiger partial charge in [-0.05, 0) is 51.7 Å². The zero-order valence-corrected chi connectivity index (χ0v) is 14.7. The summed E-state index contributed by atoms with van der Waals surface area (Å²) in [5.41, 5.74) is 0. The molecule has 1 atom stereocenters. The second-order valence-corrected chi connectivity index (χ2v) is 8.15. The summed E-state index contributed by atoms with van der Waals surface area (Å²) < 4.78 is 0.298. The molecule has 0 aromatic rings. The summed E-state index contributed by atoms with van der Waals surface area (Å²) in [6, 6.07) is 0.462. The van der Waals surface area contributed by atoms with Gasteiger partial charge in [0.2, 0.25) is 5.91 Å². The Morgan fingerprint density at radius 3 is 2.82 bits per heavy atom. The van der Waals surface area contributed by atoms with E-state index >= 15 is 0 Å². The van der Waals surface area contributed by atoms with Gasteiger partial charge >= 0.3 is 0 Å². The second kappa shape index (κ2) is 8.65. The molecule has 5 nitrogen and oxygen atoms in total. The van der Waals surface area contributed by atoms with Gasteiger partial charge in [0, 0.05) is 30.3 Å². The monoisotopic (exact) mass is 326 g/mol. The van der Waals surface area contributed by atoms with E-state index in [1.807, 2.05) is 11.8 Å². The van der Waals surface area contributed by atoms with Crippen molar-refractivity contribution in [1.82, 2.24) is 16.0 Å². The average Bonchev–Trinajstić information content (AvgIpc) is 3.19. The molecule has 1 saturated heterocycles. The van der Waals surface area contributed by atoms with Gasteiger partial charge in [-0.2, -0.15) is 11.8 Å². The number of rotatable bonds is 8. The quantitative estimate of drug-likeness (QED) is 0.362. The summed E-state index contributed by atoms with van der Waals surface area (Å²) in [5.74, 6) is 2.31. The van der Waals surface area contributed by atoms with Crippen molar-refractivity contribution >= 4 is 23.6 Å². The van der Waals surface area contributed by atoms with E-state index in [2.05, 4.69) is 29.8 Å². The Kier molecular flexibility index (Phi) is 6.86. The maximum atomic E-state index is 11.6. The van der Waals surface area contributed by atoms with Gasteiger partial charge in [0.25, 0.3) is 0 Å². The molecule has 0 bridgehead atoms. The second-order valence-electron chi connectivity index (χ2n) is 6.47. The van der Waals surface area contributed by atoms with Gasteiger partial charge in [-0.15, -0.1) is 0 Å². The minimum absolute atomic E-state index is 0.182. The van der Waals surface area contributed by atoms with Crippen molar-refractivity contribution < 1.29 is 4.79 Å². The summed E-state index contributed by atoms with van der Waals surface area (Å²) in [7, 11) is 0. The number of amides is 1. The van der Waals surface area contributed by atoms with Crippen LogP contribution in [-0.4, -0.2) is 48.0 Å². The molecule has 2 fully saturated rings. The number of carbonyl (C=O) groups excluding carboxylic acids is 1. The molecular formula is C16H30N4OS. The van der Waals surface area contributed by atoms with Crippen LogP contribution < -0.4 is 16.0 Å². The smallest absolute Gasteiger partial charge is 0.220 e. The Morgan fingerprint density at radius 2 is 2.18 bits per heavy atom. The fourth-order valence-electron chi connectivity index (χ4n) is 2.53. The van der Waals surface area contributed by atoms with Crippen LogP contribution in [0.4, 0.5) is 0 Å². The lowest BCUT2D eigenvalue weighted by Gasteiger charge is -2.21. The fraction of sp³-hybridized carbons (Fsp3) is 0.875. The molecule has 1 aliphatic heterocycles. The number of nitrogens with zero attached hydrogens (tertiary/aromatic N) is 1. The summed E-state index contributed by atoms with van der Waals surface area (Å²) in [5, 5.41) is 9.64. The standard InChI is InChI=1S/C16H30N4OS/c1-3-17-15(19-12-16(2)9-5-11-22-16)18-10-4-6-14(21)20-13-7-8-13/h13H,3-12H2,1-2H3,(H,20,21)(H2,17,18,19). The molecule has 2 aliphatic rings. The normalized spacial score (nSPS) is 25.1. The van der Waals surface area contributed by atoms with Crippen molar-refractivity contribution in [3.63, 3.8) is 0 Å². The van der Waals surface area contributed by atoms with E-state index in [1.165, 1.54) is 18.6 Å². The lowest BCUT2D eigenvalue weighted by atomic mass is 10.1.